The Morgan fingerprint density at radius 2 is 1.61 bits per heavy atom. The number of ether oxygens (including phenoxy) is 2. The van der Waals surface area contributed by atoms with Crippen LogP contribution >= 0.6 is 0 Å². The molecule has 2 bridgehead atoms. The first-order valence-corrected chi connectivity index (χ1v) is 10.2. The first-order chi connectivity index (χ1) is 13.3. The molecule has 0 radical (unpaired) electrons. The number of benzene rings is 2. The van der Waals surface area contributed by atoms with Crippen LogP contribution in [0.5, 0.6) is 5.75 Å². The summed E-state index contributed by atoms with van der Waals surface area (Å²) in [7, 11) is 0. The molecule has 2 aliphatic heterocycles. The Balaban J connectivity index is 1.51. The SMILES string of the molecule is CC(C)(C)Oc1ccc(C2(O)CC3COCC(C2)N3Cc2ccccc2)cc1. The third kappa shape index (κ3) is 4.24. The molecule has 2 heterocycles. The number of hydrogen-bond donors (Lipinski definition) is 1. The molecule has 0 spiro atoms. The molecule has 0 amide bonds. The molecule has 0 aromatic heterocycles. The van der Waals surface area contributed by atoms with Crippen LogP contribution in [-0.2, 0) is 16.9 Å². The van der Waals surface area contributed by atoms with Crippen molar-refractivity contribution < 1.29 is 14.6 Å². The lowest BCUT2D eigenvalue weighted by Gasteiger charge is -2.52. The second kappa shape index (κ2) is 7.51. The van der Waals surface area contributed by atoms with Gasteiger partial charge in [0.15, 0.2) is 0 Å². The van der Waals surface area contributed by atoms with Crippen molar-refractivity contribution in [2.24, 2.45) is 0 Å². The number of rotatable bonds is 4. The molecule has 28 heavy (non-hydrogen) atoms. The van der Waals surface area contributed by atoms with E-state index in [0.29, 0.717) is 26.1 Å². The van der Waals surface area contributed by atoms with Gasteiger partial charge in [0.2, 0.25) is 0 Å². The molecular weight excluding hydrogens is 350 g/mol. The van der Waals surface area contributed by atoms with E-state index < -0.39 is 5.60 Å². The molecule has 2 unspecified atom stereocenters. The van der Waals surface area contributed by atoms with Crippen molar-refractivity contribution in [3.05, 3.63) is 65.7 Å². The Morgan fingerprint density at radius 1 is 1.00 bits per heavy atom. The van der Waals surface area contributed by atoms with Crippen molar-refractivity contribution in [1.82, 2.24) is 4.90 Å². The predicted molar refractivity (Wildman–Crippen MR) is 110 cm³/mol. The number of morpholine rings is 1. The van der Waals surface area contributed by atoms with E-state index in [4.69, 9.17) is 9.47 Å². The van der Waals surface area contributed by atoms with Crippen molar-refractivity contribution in [2.75, 3.05) is 13.2 Å². The van der Waals surface area contributed by atoms with Gasteiger partial charge in [-0.05, 0) is 56.9 Å². The molecule has 4 rings (SSSR count). The van der Waals surface area contributed by atoms with E-state index in [1.807, 2.05) is 45.0 Å². The van der Waals surface area contributed by atoms with Gasteiger partial charge in [0.05, 0.1) is 18.8 Å². The van der Waals surface area contributed by atoms with Crippen LogP contribution in [0.1, 0.15) is 44.7 Å². The Bertz CT molecular complexity index is 768. The normalized spacial score (nSPS) is 28.1. The molecule has 1 N–H and O–H groups in total. The molecule has 2 fully saturated rings. The summed E-state index contributed by atoms with van der Waals surface area (Å²) in [6, 6.07) is 19.0. The monoisotopic (exact) mass is 381 g/mol. The molecule has 4 nitrogen and oxygen atoms in total. The number of aliphatic hydroxyl groups is 1. The quantitative estimate of drug-likeness (QED) is 0.865. The van der Waals surface area contributed by atoms with Crippen LogP contribution in [0.4, 0.5) is 0 Å². The van der Waals surface area contributed by atoms with Crippen LogP contribution < -0.4 is 4.74 Å². The van der Waals surface area contributed by atoms with Gasteiger partial charge >= 0.3 is 0 Å². The van der Waals surface area contributed by atoms with E-state index >= 15 is 0 Å². The van der Waals surface area contributed by atoms with Crippen molar-refractivity contribution in [2.45, 2.75) is 63.4 Å². The smallest absolute Gasteiger partial charge is 0.120 e. The third-order valence-corrected chi connectivity index (χ3v) is 5.73. The summed E-state index contributed by atoms with van der Waals surface area (Å²) in [4.78, 5) is 2.52. The first kappa shape index (κ1) is 19.4. The standard InChI is InChI=1S/C24H31NO3/c1-23(2,3)28-22-11-9-19(10-12-22)24(26)13-20-16-27-17-21(14-24)25(20)15-18-7-5-4-6-8-18/h4-12,20-21,26H,13-17H2,1-3H3. The van der Waals surface area contributed by atoms with Gasteiger partial charge in [0.1, 0.15) is 11.4 Å². The molecule has 2 aliphatic rings. The Labute approximate surface area is 168 Å². The average Bonchev–Trinajstić information content (AvgIpc) is 2.63. The van der Waals surface area contributed by atoms with Gasteiger partial charge < -0.3 is 14.6 Å². The van der Waals surface area contributed by atoms with E-state index in [1.54, 1.807) is 0 Å². The minimum atomic E-state index is -0.813. The largest absolute Gasteiger partial charge is 0.488 e. The summed E-state index contributed by atoms with van der Waals surface area (Å²) in [5, 5.41) is 11.5. The molecule has 0 aliphatic carbocycles. The molecule has 2 atom stereocenters. The summed E-state index contributed by atoms with van der Waals surface area (Å²) >= 11 is 0. The van der Waals surface area contributed by atoms with Crippen LogP contribution in [0.15, 0.2) is 54.6 Å². The topological polar surface area (TPSA) is 41.9 Å². The van der Waals surface area contributed by atoms with Crippen molar-refractivity contribution >= 4 is 0 Å². The highest BCUT2D eigenvalue weighted by Crippen LogP contribution is 2.42. The fraction of sp³-hybridized carbons (Fsp3) is 0.500. The summed E-state index contributed by atoms with van der Waals surface area (Å²) in [5.74, 6) is 0.838. The summed E-state index contributed by atoms with van der Waals surface area (Å²) in [6.07, 6.45) is 1.38. The van der Waals surface area contributed by atoms with Crippen LogP contribution in [0.2, 0.25) is 0 Å². The maximum absolute atomic E-state index is 11.5. The summed E-state index contributed by atoms with van der Waals surface area (Å²) in [6.45, 7) is 8.38. The van der Waals surface area contributed by atoms with Crippen LogP contribution in [0, 0.1) is 0 Å². The van der Waals surface area contributed by atoms with E-state index in [-0.39, 0.29) is 17.7 Å². The second-order valence-corrected chi connectivity index (χ2v) is 9.18. The molecule has 4 heteroatoms. The molecule has 150 valence electrons. The molecule has 2 aromatic rings. The van der Waals surface area contributed by atoms with Crippen LogP contribution in [0.25, 0.3) is 0 Å². The maximum Gasteiger partial charge on any atom is 0.120 e. The lowest BCUT2D eigenvalue weighted by atomic mass is 9.76. The van der Waals surface area contributed by atoms with Gasteiger partial charge in [-0.1, -0.05) is 42.5 Å². The summed E-state index contributed by atoms with van der Waals surface area (Å²) < 4.78 is 11.8. The number of hydrogen-bond acceptors (Lipinski definition) is 4. The Kier molecular flexibility index (Phi) is 5.21. The Hall–Kier alpha value is -1.88. The van der Waals surface area contributed by atoms with E-state index in [1.165, 1.54) is 5.56 Å². The van der Waals surface area contributed by atoms with E-state index in [0.717, 1.165) is 17.9 Å². The second-order valence-electron chi connectivity index (χ2n) is 9.18. The highest BCUT2D eigenvalue weighted by atomic mass is 16.5. The van der Waals surface area contributed by atoms with Gasteiger partial charge in [-0.25, -0.2) is 0 Å². The summed E-state index contributed by atoms with van der Waals surface area (Å²) in [5.41, 5.74) is 1.25. The van der Waals surface area contributed by atoms with Crippen molar-refractivity contribution in [1.29, 1.82) is 0 Å². The highest BCUT2D eigenvalue weighted by molar-refractivity contribution is 5.32. The molecule has 2 saturated heterocycles. The minimum Gasteiger partial charge on any atom is -0.488 e. The van der Waals surface area contributed by atoms with Crippen molar-refractivity contribution in [3.8, 4) is 5.75 Å². The highest BCUT2D eigenvalue weighted by Gasteiger charge is 2.46. The third-order valence-electron chi connectivity index (χ3n) is 5.73. The van der Waals surface area contributed by atoms with Gasteiger partial charge in [-0.15, -0.1) is 0 Å². The van der Waals surface area contributed by atoms with Gasteiger partial charge in [-0.3, -0.25) is 4.90 Å². The maximum atomic E-state index is 11.5. The van der Waals surface area contributed by atoms with Gasteiger partial charge in [0.25, 0.3) is 0 Å². The fourth-order valence-corrected chi connectivity index (χ4v) is 4.52. The lowest BCUT2D eigenvalue weighted by Crippen LogP contribution is -2.60. The van der Waals surface area contributed by atoms with Gasteiger partial charge in [-0.2, -0.15) is 0 Å². The minimum absolute atomic E-state index is 0.225. The number of fused-ring (bicyclic) bond motifs is 2. The average molecular weight is 382 g/mol. The zero-order valence-electron chi connectivity index (χ0n) is 17.1. The Morgan fingerprint density at radius 3 is 2.18 bits per heavy atom. The zero-order valence-corrected chi connectivity index (χ0v) is 17.1. The molecule has 0 saturated carbocycles. The molecule has 2 aromatic carbocycles. The first-order valence-electron chi connectivity index (χ1n) is 10.2. The van der Waals surface area contributed by atoms with E-state index in [9.17, 15) is 5.11 Å². The van der Waals surface area contributed by atoms with Crippen LogP contribution in [-0.4, -0.2) is 40.9 Å². The molecular formula is C24H31NO3. The van der Waals surface area contributed by atoms with E-state index in [2.05, 4.69) is 35.2 Å². The lowest BCUT2D eigenvalue weighted by molar-refractivity contribution is -0.149. The van der Waals surface area contributed by atoms with Crippen molar-refractivity contribution in [3.63, 3.8) is 0 Å². The number of piperidine rings is 1. The fourth-order valence-electron chi connectivity index (χ4n) is 4.52. The van der Waals surface area contributed by atoms with Crippen LogP contribution in [0.3, 0.4) is 0 Å². The number of nitrogens with zero attached hydrogens (tertiary/aromatic N) is 1. The van der Waals surface area contributed by atoms with Gasteiger partial charge in [0, 0.05) is 18.6 Å². The zero-order chi connectivity index (χ0) is 19.8. The predicted octanol–water partition coefficient (Wildman–Crippen LogP) is 4.11.